The molecule has 6 nitrogen and oxygen atoms in total. The van der Waals surface area contributed by atoms with Crippen molar-refractivity contribution < 1.29 is 9.53 Å². The van der Waals surface area contributed by atoms with E-state index in [1.54, 1.807) is 7.11 Å². The molecule has 1 unspecified atom stereocenters. The summed E-state index contributed by atoms with van der Waals surface area (Å²) in [5.74, 6) is 0.689. The number of thioether (sulfide) groups is 1. The van der Waals surface area contributed by atoms with Gasteiger partial charge in [0, 0.05) is 17.1 Å². The van der Waals surface area contributed by atoms with E-state index in [4.69, 9.17) is 4.74 Å². The quantitative estimate of drug-likeness (QED) is 0.490. The third kappa shape index (κ3) is 3.65. The first kappa shape index (κ1) is 19.3. The van der Waals surface area contributed by atoms with Crippen LogP contribution in [-0.2, 0) is 4.79 Å². The summed E-state index contributed by atoms with van der Waals surface area (Å²) in [5, 5.41) is 13.1. The second-order valence-corrected chi connectivity index (χ2v) is 8.26. The number of benzene rings is 2. The van der Waals surface area contributed by atoms with Crippen molar-refractivity contribution in [3.8, 4) is 5.75 Å². The van der Waals surface area contributed by atoms with Crippen molar-refractivity contribution in [2.75, 3.05) is 12.4 Å². The fourth-order valence-electron chi connectivity index (χ4n) is 3.27. The van der Waals surface area contributed by atoms with Crippen molar-refractivity contribution in [3.63, 3.8) is 0 Å². The van der Waals surface area contributed by atoms with Crippen LogP contribution in [0.4, 0.5) is 5.69 Å². The summed E-state index contributed by atoms with van der Waals surface area (Å²) in [4.78, 5) is 12.7. The van der Waals surface area contributed by atoms with Crippen molar-refractivity contribution >= 4 is 39.9 Å². The summed E-state index contributed by atoms with van der Waals surface area (Å²) in [7, 11) is 1.65. The Hall–Kier alpha value is -3.06. The predicted octanol–water partition coefficient (Wildman–Crippen LogP) is 4.63. The zero-order chi connectivity index (χ0) is 20.5. The number of aromatic nitrogens is 3. The number of pyridine rings is 1. The number of hydrogen-bond donors (Lipinski definition) is 1. The van der Waals surface area contributed by atoms with E-state index in [2.05, 4.69) is 22.4 Å². The van der Waals surface area contributed by atoms with Gasteiger partial charge in [0.25, 0.3) is 0 Å². The van der Waals surface area contributed by atoms with Crippen molar-refractivity contribution in [2.24, 2.45) is 0 Å². The number of carbonyl (C=O) groups is 1. The summed E-state index contributed by atoms with van der Waals surface area (Å²) in [6.45, 7) is 5.90. The van der Waals surface area contributed by atoms with E-state index in [9.17, 15) is 4.79 Å². The van der Waals surface area contributed by atoms with Crippen LogP contribution in [0, 0.1) is 13.8 Å². The van der Waals surface area contributed by atoms with Crippen LogP contribution in [0.2, 0.25) is 0 Å². The summed E-state index contributed by atoms with van der Waals surface area (Å²) >= 11 is 1.38. The number of nitrogens with one attached hydrogen (secondary N) is 1. The lowest BCUT2D eigenvalue weighted by Gasteiger charge is -2.13. The highest BCUT2D eigenvalue weighted by Crippen LogP contribution is 2.30. The average Bonchev–Trinajstić information content (AvgIpc) is 3.11. The van der Waals surface area contributed by atoms with Gasteiger partial charge in [-0.15, -0.1) is 10.2 Å². The van der Waals surface area contributed by atoms with Crippen LogP contribution in [-0.4, -0.2) is 32.9 Å². The molecule has 0 radical (unpaired) electrons. The molecule has 1 amide bonds. The first-order chi connectivity index (χ1) is 14.0. The Morgan fingerprint density at radius 1 is 1.10 bits per heavy atom. The van der Waals surface area contributed by atoms with Gasteiger partial charge in [-0.25, -0.2) is 0 Å². The Bertz CT molecular complexity index is 1220. The Kier molecular flexibility index (Phi) is 5.15. The van der Waals surface area contributed by atoms with E-state index in [1.807, 2.05) is 66.8 Å². The third-order valence-corrected chi connectivity index (χ3v) is 5.97. The third-order valence-electron chi connectivity index (χ3n) is 4.93. The number of ether oxygens (including phenoxy) is 1. The number of para-hydroxylation sites is 1. The zero-order valence-electron chi connectivity index (χ0n) is 16.8. The molecule has 7 heteroatoms. The lowest BCUT2D eigenvalue weighted by Crippen LogP contribution is -2.23. The minimum Gasteiger partial charge on any atom is -0.497 e. The summed E-state index contributed by atoms with van der Waals surface area (Å²) < 4.78 is 7.38. The molecule has 0 aliphatic rings. The molecular formula is C22H22N4O2S. The van der Waals surface area contributed by atoms with Crippen LogP contribution >= 0.6 is 11.8 Å². The van der Waals surface area contributed by atoms with Crippen molar-refractivity contribution in [2.45, 2.75) is 31.2 Å². The van der Waals surface area contributed by atoms with E-state index < -0.39 is 0 Å². The first-order valence-electron chi connectivity index (χ1n) is 9.33. The minimum atomic E-state index is -0.344. The molecule has 4 aromatic rings. The van der Waals surface area contributed by atoms with E-state index in [-0.39, 0.29) is 11.2 Å². The molecule has 29 heavy (non-hydrogen) atoms. The lowest BCUT2D eigenvalue weighted by molar-refractivity contribution is -0.115. The monoisotopic (exact) mass is 406 g/mol. The second kappa shape index (κ2) is 7.75. The van der Waals surface area contributed by atoms with Gasteiger partial charge in [0.2, 0.25) is 5.91 Å². The molecule has 1 atom stereocenters. The van der Waals surface area contributed by atoms with Gasteiger partial charge in [-0.3, -0.25) is 9.20 Å². The normalized spacial score (nSPS) is 12.3. The Labute approximate surface area is 173 Å². The topological polar surface area (TPSA) is 68.5 Å². The highest BCUT2D eigenvalue weighted by molar-refractivity contribution is 8.00. The maximum Gasteiger partial charge on any atom is 0.237 e. The maximum absolute atomic E-state index is 12.7. The molecule has 148 valence electrons. The number of hydrogen-bond acceptors (Lipinski definition) is 5. The van der Waals surface area contributed by atoms with Gasteiger partial charge < -0.3 is 10.1 Å². The van der Waals surface area contributed by atoms with E-state index in [0.717, 1.165) is 39.1 Å². The highest BCUT2D eigenvalue weighted by Gasteiger charge is 2.20. The number of carbonyl (C=O) groups excluding carboxylic acids is 1. The number of amides is 1. The van der Waals surface area contributed by atoms with Crippen LogP contribution in [0.15, 0.2) is 53.7 Å². The number of rotatable bonds is 5. The predicted molar refractivity (Wildman–Crippen MR) is 117 cm³/mol. The fraction of sp³-hybridized carbons (Fsp3) is 0.227. The molecule has 0 aliphatic heterocycles. The minimum absolute atomic E-state index is 0.0740. The molecule has 0 spiro atoms. The van der Waals surface area contributed by atoms with E-state index in [0.29, 0.717) is 5.16 Å². The zero-order valence-corrected chi connectivity index (χ0v) is 17.6. The van der Waals surface area contributed by atoms with Gasteiger partial charge in [0.1, 0.15) is 5.75 Å². The molecule has 2 aromatic carbocycles. The van der Waals surface area contributed by atoms with E-state index in [1.165, 1.54) is 11.8 Å². The number of aryl methyl sites for hydroxylation is 2. The number of nitrogens with zero attached hydrogens (tertiary/aromatic N) is 3. The molecule has 1 N–H and O–H groups in total. The first-order valence-corrected chi connectivity index (χ1v) is 10.2. The second-order valence-electron chi connectivity index (χ2n) is 6.95. The van der Waals surface area contributed by atoms with Crippen LogP contribution in [0.25, 0.3) is 16.6 Å². The van der Waals surface area contributed by atoms with E-state index >= 15 is 0 Å². The smallest absolute Gasteiger partial charge is 0.237 e. The summed E-state index contributed by atoms with van der Waals surface area (Å²) in [6.07, 6.45) is 0. The number of fused-ring (bicyclic) bond motifs is 3. The van der Waals surface area contributed by atoms with Crippen LogP contribution < -0.4 is 10.1 Å². The molecule has 0 bridgehead atoms. The van der Waals surface area contributed by atoms with Crippen LogP contribution in [0.5, 0.6) is 5.75 Å². The Balaban J connectivity index is 1.68. The van der Waals surface area contributed by atoms with Crippen molar-refractivity contribution in [1.82, 2.24) is 14.6 Å². The molecule has 2 aromatic heterocycles. The summed E-state index contributed by atoms with van der Waals surface area (Å²) in [5.41, 5.74) is 4.67. The van der Waals surface area contributed by atoms with Gasteiger partial charge >= 0.3 is 0 Å². The molecule has 0 fully saturated rings. The van der Waals surface area contributed by atoms with Crippen molar-refractivity contribution in [1.29, 1.82) is 0 Å². The van der Waals surface area contributed by atoms with Gasteiger partial charge in [-0.1, -0.05) is 30.0 Å². The largest absolute Gasteiger partial charge is 0.497 e. The molecular weight excluding hydrogens is 384 g/mol. The molecule has 0 aliphatic carbocycles. The number of methoxy groups -OCH3 is 1. The molecule has 2 heterocycles. The lowest BCUT2D eigenvalue weighted by atomic mass is 10.1. The number of anilines is 1. The standard InChI is InChI=1S/C22H22N4O2S/c1-13-7-5-6-8-18(13)23-21(27)15(3)29-22-25-24-20-11-14(2)17-10-9-16(28-4)12-19(17)26(20)22/h5-12,15H,1-4H3,(H,23,27). The van der Waals surface area contributed by atoms with Gasteiger partial charge in [0.15, 0.2) is 10.8 Å². The fourth-order valence-corrected chi connectivity index (χ4v) is 4.13. The SMILES string of the molecule is COc1ccc2c(C)cc3nnc(SC(C)C(=O)Nc4ccccc4C)n3c2c1. The molecule has 0 saturated carbocycles. The molecule has 4 rings (SSSR count). The van der Waals surface area contributed by atoms with Crippen LogP contribution in [0.1, 0.15) is 18.1 Å². The Morgan fingerprint density at radius 2 is 1.90 bits per heavy atom. The summed E-state index contributed by atoms with van der Waals surface area (Å²) in [6, 6.07) is 15.7. The maximum atomic E-state index is 12.7. The van der Waals surface area contributed by atoms with Gasteiger partial charge in [-0.05, 0) is 56.2 Å². The molecule has 0 saturated heterocycles. The highest BCUT2D eigenvalue weighted by atomic mass is 32.2. The average molecular weight is 407 g/mol. The van der Waals surface area contributed by atoms with Crippen molar-refractivity contribution in [3.05, 3.63) is 59.7 Å². The van der Waals surface area contributed by atoms with Crippen LogP contribution in [0.3, 0.4) is 0 Å². The van der Waals surface area contributed by atoms with Gasteiger partial charge in [-0.2, -0.15) is 0 Å². The Morgan fingerprint density at radius 3 is 2.66 bits per heavy atom. The van der Waals surface area contributed by atoms with Gasteiger partial charge in [0.05, 0.1) is 17.9 Å².